The van der Waals surface area contributed by atoms with Crippen LogP contribution in [0.15, 0.2) is 0 Å². The molecule has 0 spiro atoms. The van der Waals surface area contributed by atoms with Crippen LogP contribution in [0.5, 0.6) is 0 Å². The summed E-state index contributed by atoms with van der Waals surface area (Å²) in [6.07, 6.45) is 2.09. The van der Waals surface area contributed by atoms with Crippen molar-refractivity contribution >= 4 is 8.80 Å². The molecule has 1 fully saturated rings. The summed E-state index contributed by atoms with van der Waals surface area (Å²) >= 11 is 0. The van der Waals surface area contributed by atoms with Crippen LogP contribution in [-0.4, -0.2) is 58.3 Å². The van der Waals surface area contributed by atoms with Crippen LogP contribution in [0, 0.1) is 0 Å². The van der Waals surface area contributed by atoms with Crippen LogP contribution in [0.25, 0.3) is 0 Å². The van der Waals surface area contributed by atoms with Gasteiger partial charge in [0.2, 0.25) is 0 Å². The highest BCUT2D eigenvalue weighted by Gasteiger charge is 2.53. The molecule has 1 aliphatic heterocycles. The van der Waals surface area contributed by atoms with Gasteiger partial charge in [0.15, 0.2) is 6.29 Å². The van der Waals surface area contributed by atoms with Gasteiger partial charge in [-0.25, -0.2) is 0 Å². The molecular weight excluding hydrogens is 392 g/mol. The Morgan fingerprint density at radius 3 is 1.62 bits per heavy atom. The molecule has 2 atom stereocenters. The SMILES string of the molecule is CCC(OC(CC)[Si](OC(C)C)(OC(C)C)OC(C)C)OC1(CC)OCCCO1. The zero-order chi connectivity index (χ0) is 22.1. The number of hydrogen-bond acceptors (Lipinski definition) is 7. The van der Waals surface area contributed by atoms with Gasteiger partial charge in [0.05, 0.1) is 13.2 Å². The van der Waals surface area contributed by atoms with Crippen molar-refractivity contribution in [1.82, 2.24) is 0 Å². The molecule has 1 rings (SSSR count). The van der Waals surface area contributed by atoms with E-state index in [1.54, 1.807) is 0 Å². The molecule has 0 aromatic carbocycles. The minimum atomic E-state index is -3.18. The van der Waals surface area contributed by atoms with Crippen molar-refractivity contribution in [2.45, 2.75) is 124 Å². The van der Waals surface area contributed by atoms with Crippen LogP contribution in [0.3, 0.4) is 0 Å². The van der Waals surface area contributed by atoms with Crippen LogP contribution in [0.1, 0.15) is 88.0 Å². The lowest BCUT2D eigenvalue weighted by molar-refractivity contribution is -0.436. The summed E-state index contributed by atoms with van der Waals surface area (Å²) in [5, 5.41) is 0. The van der Waals surface area contributed by atoms with Gasteiger partial charge in [0.1, 0.15) is 5.73 Å². The average molecular weight is 437 g/mol. The standard InChI is InChI=1S/C21H44O7Si/c1-10-19(25-21(12-3)22-14-13-15-23-21)24-20(11-2)29(26-16(4)5,27-17(6)7)28-18(8)9/h16-20H,10-15H2,1-9H3. The molecule has 0 aromatic heterocycles. The van der Waals surface area contributed by atoms with Crippen LogP contribution in [0.4, 0.5) is 0 Å². The van der Waals surface area contributed by atoms with Crippen molar-refractivity contribution < 1.29 is 32.2 Å². The monoisotopic (exact) mass is 436 g/mol. The summed E-state index contributed by atoms with van der Waals surface area (Å²) in [5.41, 5.74) is -0.364. The molecule has 8 heteroatoms. The maximum Gasteiger partial charge on any atom is 0.532 e. The second kappa shape index (κ2) is 12.7. The van der Waals surface area contributed by atoms with Gasteiger partial charge in [-0.05, 0) is 60.8 Å². The fraction of sp³-hybridized carbons (Fsp3) is 1.00. The molecule has 7 nitrogen and oxygen atoms in total. The smallest absolute Gasteiger partial charge is 0.369 e. The normalized spacial score (nSPS) is 19.9. The van der Waals surface area contributed by atoms with Gasteiger partial charge in [-0.2, -0.15) is 0 Å². The molecule has 1 heterocycles. The van der Waals surface area contributed by atoms with Crippen molar-refractivity contribution in [2.75, 3.05) is 13.2 Å². The Hall–Kier alpha value is -0.0631. The van der Waals surface area contributed by atoms with Crippen LogP contribution >= 0.6 is 0 Å². The van der Waals surface area contributed by atoms with Crippen molar-refractivity contribution in [3.05, 3.63) is 0 Å². The number of ether oxygens (including phenoxy) is 4. The fourth-order valence-corrected chi connectivity index (χ4v) is 6.64. The molecule has 1 aliphatic rings. The highest BCUT2D eigenvalue weighted by Crippen LogP contribution is 2.31. The maximum absolute atomic E-state index is 6.45. The molecule has 0 bridgehead atoms. The zero-order valence-electron chi connectivity index (χ0n) is 20.0. The van der Waals surface area contributed by atoms with E-state index in [0.29, 0.717) is 32.5 Å². The first-order valence-corrected chi connectivity index (χ1v) is 13.1. The van der Waals surface area contributed by atoms with E-state index in [1.165, 1.54) is 0 Å². The van der Waals surface area contributed by atoms with Gasteiger partial charge < -0.3 is 27.5 Å². The van der Waals surface area contributed by atoms with Gasteiger partial charge in [-0.1, -0.05) is 20.8 Å². The molecule has 29 heavy (non-hydrogen) atoms. The molecule has 0 amide bonds. The topological polar surface area (TPSA) is 64.6 Å². The van der Waals surface area contributed by atoms with Crippen molar-refractivity contribution in [3.8, 4) is 0 Å². The van der Waals surface area contributed by atoms with E-state index >= 15 is 0 Å². The highest BCUT2D eigenvalue weighted by atomic mass is 28.4. The molecule has 0 radical (unpaired) electrons. The third-order valence-electron chi connectivity index (χ3n) is 4.29. The largest absolute Gasteiger partial charge is 0.532 e. The van der Waals surface area contributed by atoms with Crippen molar-refractivity contribution in [3.63, 3.8) is 0 Å². The summed E-state index contributed by atoms with van der Waals surface area (Å²) in [6, 6.07) is 0. The Morgan fingerprint density at radius 1 is 0.793 bits per heavy atom. The average Bonchev–Trinajstić information content (AvgIpc) is 2.63. The molecule has 1 saturated heterocycles. The van der Waals surface area contributed by atoms with Gasteiger partial charge in [-0.3, -0.25) is 4.74 Å². The van der Waals surface area contributed by atoms with Crippen LogP contribution in [0.2, 0.25) is 0 Å². The predicted molar refractivity (Wildman–Crippen MR) is 114 cm³/mol. The van der Waals surface area contributed by atoms with Gasteiger partial charge >= 0.3 is 8.80 Å². The molecule has 0 N–H and O–H groups in total. The Kier molecular flexibility index (Phi) is 11.8. The van der Waals surface area contributed by atoms with Gasteiger partial charge in [0.25, 0.3) is 5.97 Å². The van der Waals surface area contributed by atoms with Crippen molar-refractivity contribution in [2.24, 2.45) is 0 Å². The van der Waals surface area contributed by atoms with E-state index < -0.39 is 21.1 Å². The highest BCUT2D eigenvalue weighted by molar-refractivity contribution is 6.62. The van der Waals surface area contributed by atoms with Gasteiger partial charge in [-0.15, -0.1) is 0 Å². The number of hydrogen-bond donors (Lipinski definition) is 0. The zero-order valence-corrected chi connectivity index (χ0v) is 21.0. The molecule has 0 aliphatic carbocycles. The minimum absolute atomic E-state index is 0.0511. The van der Waals surface area contributed by atoms with E-state index in [4.69, 9.17) is 32.2 Å². The Bertz CT molecular complexity index is 412. The van der Waals surface area contributed by atoms with Crippen LogP contribution < -0.4 is 0 Å². The minimum Gasteiger partial charge on any atom is -0.369 e. The first kappa shape index (κ1) is 27.0. The van der Waals surface area contributed by atoms with Gasteiger partial charge in [0, 0.05) is 24.7 Å². The lowest BCUT2D eigenvalue weighted by Crippen LogP contribution is -2.61. The second-order valence-corrected chi connectivity index (χ2v) is 10.7. The molecule has 2 unspecified atom stereocenters. The molecule has 174 valence electrons. The fourth-order valence-electron chi connectivity index (χ4n) is 3.23. The third kappa shape index (κ3) is 8.53. The van der Waals surface area contributed by atoms with E-state index in [-0.39, 0.29) is 24.0 Å². The Balaban J connectivity index is 3.09. The Morgan fingerprint density at radius 2 is 1.28 bits per heavy atom. The second-order valence-electron chi connectivity index (χ2n) is 8.18. The molecule has 0 saturated carbocycles. The van der Waals surface area contributed by atoms with E-state index in [2.05, 4.69) is 6.92 Å². The summed E-state index contributed by atoms with van der Waals surface area (Å²) < 4.78 is 43.4. The first-order valence-electron chi connectivity index (χ1n) is 11.3. The summed E-state index contributed by atoms with van der Waals surface area (Å²) in [6.45, 7) is 19.2. The van der Waals surface area contributed by atoms with E-state index in [0.717, 1.165) is 6.42 Å². The summed E-state index contributed by atoms with van der Waals surface area (Å²) in [5.74, 6) is -1.06. The molecule has 0 aromatic rings. The summed E-state index contributed by atoms with van der Waals surface area (Å²) in [4.78, 5) is 0. The lowest BCUT2D eigenvalue weighted by Gasteiger charge is -2.42. The van der Waals surface area contributed by atoms with Crippen LogP contribution in [-0.2, 0) is 32.2 Å². The van der Waals surface area contributed by atoms with E-state index in [1.807, 2.05) is 55.4 Å². The summed E-state index contributed by atoms with van der Waals surface area (Å²) in [7, 11) is -3.18. The third-order valence-corrected chi connectivity index (χ3v) is 8.02. The Labute approximate surface area is 179 Å². The maximum atomic E-state index is 6.45. The number of rotatable bonds is 14. The van der Waals surface area contributed by atoms with E-state index in [9.17, 15) is 0 Å². The quantitative estimate of drug-likeness (QED) is 0.286. The lowest BCUT2D eigenvalue weighted by atomic mass is 10.3. The molecular formula is C21H44O7Si. The van der Waals surface area contributed by atoms with Crippen molar-refractivity contribution in [1.29, 1.82) is 0 Å². The predicted octanol–water partition coefficient (Wildman–Crippen LogP) is 4.79. The first-order chi connectivity index (χ1) is 13.6.